The zero-order valence-corrected chi connectivity index (χ0v) is 17.0. The summed E-state index contributed by atoms with van der Waals surface area (Å²) in [7, 11) is 0. The molecular weight excluding hydrogens is 320 g/mol. The molecule has 5 aliphatic rings. The summed E-state index contributed by atoms with van der Waals surface area (Å²) in [4.78, 5) is 26.9. The van der Waals surface area contributed by atoms with Gasteiger partial charge in [0.15, 0.2) is 0 Å². The molecule has 0 amide bonds. The highest BCUT2D eigenvalue weighted by Gasteiger charge is 2.64. The quantitative estimate of drug-likeness (QED) is 0.611. The van der Waals surface area contributed by atoms with E-state index in [4.69, 9.17) is 0 Å². The second-order valence-corrected chi connectivity index (χ2v) is 11.3. The zero-order chi connectivity index (χ0) is 18.3. The van der Waals surface area contributed by atoms with Gasteiger partial charge in [-0.05, 0) is 85.4 Å². The Labute approximate surface area is 158 Å². The molecule has 0 spiro atoms. The van der Waals surface area contributed by atoms with Crippen molar-refractivity contribution in [3.63, 3.8) is 0 Å². The first-order chi connectivity index (χ1) is 12.4. The van der Waals surface area contributed by atoms with Gasteiger partial charge < -0.3 is 0 Å². The number of fused-ring (bicyclic) bond motifs is 7. The molecule has 0 aromatic rings. The largest absolute Gasteiger partial charge is 0.299 e. The zero-order valence-electron chi connectivity index (χ0n) is 17.0. The van der Waals surface area contributed by atoms with Gasteiger partial charge in [-0.3, -0.25) is 9.59 Å². The lowest BCUT2D eigenvalue weighted by Crippen LogP contribution is -2.43. The van der Waals surface area contributed by atoms with Crippen LogP contribution in [0, 0.1) is 71.0 Å². The first-order valence-corrected chi connectivity index (χ1v) is 11.4. The smallest absolute Gasteiger partial charge is 0.140 e. The van der Waals surface area contributed by atoms with Crippen LogP contribution in [0.5, 0.6) is 0 Å². The number of ketones is 2. The number of Topliss-reactive ketones (excluding diaryl/α,β-unsaturated/α-hetero) is 2. The maximum atomic E-state index is 13.6. The highest BCUT2D eigenvalue weighted by atomic mass is 16.1. The molecule has 5 aliphatic carbocycles. The second kappa shape index (κ2) is 5.92. The van der Waals surface area contributed by atoms with Gasteiger partial charge in [0.2, 0.25) is 0 Å². The summed E-state index contributed by atoms with van der Waals surface area (Å²) in [5, 5.41) is 0. The van der Waals surface area contributed by atoms with E-state index in [1.807, 2.05) is 0 Å². The molecular formula is C24H36O2. The molecule has 0 radical (unpaired) electrons. The van der Waals surface area contributed by atoms with Gasteiger partial charge in [0.1, 0.15) is 11.6 Å². The van der Waals surface area contributed by atoms with Crippen LogP contribution in [0.15, 0.2) is 0 Å². The molecule has 144 valence electrons. The lowest BCUT2D eigenvalue weighted by Gasteiger charge is -2.42. The van der Waals surface area contributed by atoms with Gasteiger partial charge in [-0.25, -0.2) is 0 Å². The van der Waals surface area contributed by atoms with E-state index in [0.29, 0.717) is 53.0 Å². The summed E-state index contributed by atoms with van der Waals surface area (Å²) in [6.07, 6.45) is 6.86. The van der Waals surface area contributed by atoms with Crippen molar-refractivity contribution < 1.29 is 9.59 Å². The van der Waals surface area contributed by atoms with Crippen LogP contribution >= 0.6 is 0 Å². The van der Waals surface area contributed by atoms with Gasteiger partial charge in [-0.1, -0.05) is 27.7 Å². The fourth-order valence-corrected chi connectivity index (χ4v) is 9.25. The number of rotatable bonds is 0. The molecule has 0 aromatic heterocycles. The van der Waals surface area contributed by atoms with Crippen LogP contribution in [-0.2, 0) is 9.59 Å². The minimum atomic E-state index is 0.223. The van der Waals surface area contributed by atoms with E-state index in [2.05, 4.69) is 27.7 Å². The Hall–Kier alpha value is -0.660. The van der Waals surface area contributed by atoms with Crippen molar-refractivity contribution in [2.45, 2.75) is 66.2 Å². The number of carbonyl (C=O) groups excluding carboxylic acids is 2. The molecule has 0 aromatic carbocycles. The van der Waals surface area contributed by atoms with Crippen molar-refractivity contribution in [3.05, 3.63) is 0 Å². The van der Waals surface area contributed by atoms with Crippen LogP contribution in [0.4, 0.5) is 0 Å². The van der Waals surface area contributed by atoms with Gasteiger partial charge in [0.05, 0.1) is 0 Å². The summed E-state index contributed by atoms with van der Waals surface area (Å²) in [6, 6.07) is 0. The molecule has 2 heteroatoms. The number of carbonyl (C=O) groups is 2. The lowest BCUT2D eigenvalue weighted by molar-refractivity contribution is -0.136. The van der Waals surface area contributed by atoms with Crippen molar-refractivity contribution in [2.24, 2.45) is 71.0 Å². The SMILES string of the molecule is CC1CC(C)C2C(C1)CC1C3C(=O)C4C(C)CC(C)CC4C3CC(=O)C12. The van der Waals surface area contributed by atoms with Crippen LogP contribution in [0.25, 0.3) is 0 Å². The average Bonchev–Trinajstić information content (AvgIpc) is 3.04. The molecule has 5 saturated carbocycles. The standard InChI is InChI=1S/C24H36O2/c1-11-5-13(3)20-15(7-11)9-18-22-17(10-19(25)23(18)20)16-8-12(2)6-14(4)21(16)24(22)26/h11-18,20-23H,5-10H2,1-4H3. The molecule has 12 unspecified atom stereocenters. The van der Waals surface area contributed by atoms with E-state index in [1.165, 1.54) is 32.1 Å². The number of hydrogen-bond donors (Lipinski definition) is 0. The monoisotopic (exact) mass is 356 g/mol. The second-order valence-electron chi connectivity index (χ2n) is 11.3. The van der Waals surface area contributed by atoms with Crippen molar-refractivity contribution >= 4 is 11.6 Å². The molecule has 5 rings (SSSR count). The van der Waals surface area contributed by atoms with Crippen LogP contribution < -0.4 is 0 Å². The van der Waals surface area contributed by atoms with E-state index >= 15 is 0 Å². The van der Waals surface area contributed by atoms with Crippen molar-refractivity contribution in [2.75, 3.05) is 0 Å². The van der Waals surface area contributed by atoms with Crippen molar-refractivity contribution in [1.82, 2.24) is 0 Å². The molecule has 0 bridgehead atoms. The molecule has 2 nitrogen and oxygen atoms in total. The van der Waals surface area contributed by atoms with Gasteiger partial charge in [-0.15, -0.1) is 0 Å². The summed E-state index contributed by atoms with van der Waals surface area (Å²) >= 11 is 0. The molecule has 12 atom stereocenters. The summed E-state index contributed by atoms with van der Waals surface area (Å²) in [5.41, 5.74) is 0. The molecule has 0 saturated heterocycles. The fraction of sp³-hybridized carbons (Fsp3) is 0.917. The fourth-order valence-electron chi connectivity index (χ4n) is 9.25. The molecule has 0 N–H and O–H groups in total. The Morgan fingerprint density at radius 1 is 0.654 bits per heavy atom. The highest BCUT2D eigenvalue weighted by Crippen LogP contribution is 2.64. The maximum Gasteiger partial charge on any atom is 0.140 e. The predicted octanol–water partition coefficient (Wildman–Crippen LogP) is 5.01. The van der Waals surface area contributed by atoms with E-state index in [-0.39, 0.29) is 17.8 Å². The van der Waals surface area contributed by atoms with E-state index in [1.54, 1.807) is 0 Å². The van der Waals surface area contributed by atoms with E-state index in [9.17, 15) is 9.59 Å². The van der Waals surface area contributed by atoms with Gasteiger partial charge in [0, 0.05) is 24.2 Å². The average molecular weight is 357 g/mol. The molecule has 0 aliphatic heterocycles. The first-order valence-electron chi connectivity index (χ1n) is 11.4. The Morgan fingerprint density at radius 2 is 1.35 bits per heavy atom. The topological polar surface area (TPSA) is 34.1 Å². The first kappa shape index (κ1) is 17.4. The van der Waals surface area contributed by atoms with Gasteiger partial charge in [-0.2, -0.15) is 0 Å². The highest BCUT2D eigenvalue weighted by molar-refractivity contribution is 5.92. The Balaban J connectivity index is 1.49. The minimum absolute atomic E-state index is 0.223. The third kappa shape index (κ3) is 2.29. The van der Waals surface area contributed by atoms with E-state index < -0.39 is 0 Å². The van der Waals surface area contributed by atoms with Crippen molar-refractivity contribution in [3.8, 4) is 0 Å². The Morgan fingerprint density at radius 3 is 2.12 bits per heavy atom. The van der Waals surface area contributed by atoms with Gasteiger partial charge >= 0.3 is 0 Å². The van der Waals surface area contributed by atoms with Crippen LogP contribution in [0.1, 0.15) is 66.2 Å². The molecule has 5 fully saturated rings. The van der Waals surface area contributed by atoms with Gasteiger partial charge in [0.25, 0.3) is 0 Å². The Kier molecular flexibility index (Phi) is 3.97. The minimum Gasteiger partial charge on any atom is -0.299 e. The summed E-state index contributed by atoms with van der Waals surface area (Å²) in [5.74, 6) is 7.13. The van der Waals surface area contributed by atoms with Crippen LogP contribution in [0.3, 0.4) is 0 Å². The molecule has 0 heterocycles. The normalized spacial score (nSPS) is 58.8. The third-order valence-corrected chi connectivity index (χ3v) is 9.59. The van der Waals surface area contributed by atoms with Crippen molar-refractivity contribution in [1.29, 1.82) is 0 Å². The van der Waals surface area contributed by atoms with Crippen LogP contribution in [-0.4, -0.2) is 11.6 Å². The Bertz CT molecular complexity index is 624. The lowest BCUT2D eigenvalue weighted by atomic mass is 9.61. The van der Waals surface area contributed by atoms with E-state index in [0.717, 1.165) is 18.3 Å². The predicted molar refractivity (Wildman–Crippen MR) is 102 cm³/mol. The third-order valence-electron chi connectivity index (χ3n) is 9.59. The number of hydrogen-bond acceptors (Lipinski definition) is 2. The summed E-state index contributed by atoms with van der Waals surface area (Å²) in [6.45, 7) is 9.43. The summed E-state index contributed by atoms with van der Waals surface area (Å²) < 4.78 is 0. The molecule has 26 heavy (non-hydrogen) atoms. The maximum absolute atomic E-state index is 13.6. The van der Waals surface area contributed by atoms with Crippen LogP contribution in [0.2, 0.25) is 0 Å².